The molecular weight excluding hydrogens is 385 g/mol. The van der Waals surface area contributed by atoms with Crippen LogP contribution in [0.2, 0.25) is 0 Å². The van der Waals surface area contributed by atoms with Crippen LogP contribution in [0.3, 0.4) is 0 Å². The van der Waals surface area contributed by atoms with Crippen molar-refractivity contribution in [2.75, 3.05) is 11.9 Å². The van der Waals surface area contributed by atoms with E-state index >= 15 is 0 Å². The zero-order valence-corrected chi connectivity index (χ0v) is 15.6. The van der Waals surface area contributed by atoms with E-state index in [1.807, 2.05) is 0 Å². The quantitative estimate of drug-likeness (QED) is 0.506. The molecule has 29 heavy (non-hydrogen) atoms. The lowest BCUT2D eigenvalue weighted by atomic mass is 10.1. The van der Waals surface area contributed by atoms with Gasteiger partial charge in [-0.25, -0.2) is 0 Å². The van der Waals surface area contributed by atoms with Gasteiger partial charge in [0.05, 0.1) is 12.2 Å². The van der Waals surface area contributed by atoms with Crippen molar-refractivity contribution < 1.29 is 27.2 Å². The number of alkyl halides is 3. The summed E-state index contributed by atoms with van der Waals surface area (Å²) in [5.74, 6) is 0.419. The van der Waals surface area contributed by atoms with Crippen molar-refractivity contribution in [2.45, 2.75) is 25.9 Å². The van der Waals surface area contributed by atoms with Gasteiger partial charge in [0.1, 0.15) is 5.75 Å². The smallest absolute Gasteiger partial charge is 0.416 e. The lowest BCUT2D eigenvalue weighted by Gasteiger charge is -2.08. The highest BCUT2D eigenvalue weighted by molar-refractivity contribution is 6.03. The van der Waals surface area contributed by atoms with Gasteiger partial charge in [-0.1, -0.05) is 24.6 Å². The molecule has 0 spiro atoms. The molecule has 0 fully saturated rings. The van der Waals surface area contributed by atoms with E-state index < -0.39 is 17.6 Å². The van der Waals surface area contributed by atoms with Crippen molar-refractivity contribution >= 4 is 11.6 Å². The average Bonchev–Trinajstić information content (AvgIpc) is 3.19. The van der Waals surface area contributed by atoms with Gasteiger partial charge in [0, 0.05) is 17.3 Å². The molecule has 0 saturated heterocycles. The zero-order chi connectivity index (χ0) is 20.9. The summed E-state index contributed by atoms with van der Waals surface area (Å²) in [6, 6.07) is 12.9. The van der Waals surface area contributed by atoms with Crippen molar-refractivity contribution in [3.8, 4) is 17.1 Å². The number of benzene rings is 2. The third-order valence-corrected chi connectivity index (χ3v) is 4.10. The van der Waals surface area contributed by atoms with Crippen LogP contribution in [-0.2, 0) is 6.18 Å². The molecule has 152 valence electrons. The van der Waals surface area contributed by atoms with Crippen LogP contribution < -0.4 is 10.1 Å². The Labute approximate surface area is 165 Å². The van der Waals surface area contributed by atoms with Gasteiger partial charge in [0.2, 0.25) is 0 Å². The van der Waals surface area contributed by atoms with E-state index in [4.69, 9.17) is 9.26 Å². The van der Waals surface area contributed by atoms with Crippen molar-refractivity contribution in [3.63, 3.8) is 0 Å². The van der Waals surface area contributed by atoms with Gasteiger partial charge in [-0.2, -0.15) is 13.2 Å². The summed E-state index contributed by atoms with van der Waals surface area (Å²) in [5.41, 5.74) is -0.181. The highest BCUT2D eigenvalue weighted by atomic mass is 19.4. The van der Waals surface area contributed by atoms with Crippen molar-refractivity contribution in [1.82, 2.24) is 5.16 Å². The number of rotatable bonds is 7. The predicted molar refractivity (Wildman–Crippen MR) is 102 cm³/mol. The Morgan fingerprint density at radius 3 is 2.59 bits per heavy atom. The second-order valence-electron chi connectivity index (χ2n) is 6.34. The van der Waals surface area contributed by atoms with Crippen molar-refractivity contribution in [2.24, 2.45) is 0 Å². The molecular formula is C21H19F3N2O3. The third-order valence-electron chi connectivity index (χ3n) is 4.10. The van der Waals surface area contributed by atoms with Crippen LogP contribution in [0.1, 0.15) is 35.8 Å². The summed E-state index contributed by atoms with van der Waals surface area (Å²) in [4.78, 5) is 12.3. The van der Waals surface area contributed by atoms with E-state index in [1.165, 1.54) is 18.2 Å². The molecule has 2 aromatic carbocycles. The Hall–Kier alpha value is -3.29. The highest BCUT2D eigenvalue weighted by Gasteiger charge is 2.30. The molecule has 0 saturated carbocycles. The fourth-order valence-corrected chi connectivity index (χ4v) is 2.54. The number of hydrogen-bond donors (Lipinski definition) is 1. The number of nitrogens with zero attached hydrogens (tertiary/aromatic N) is 1. The van der Waals surface area contributed by atoms with Crippen LogP contribution in [0.4, 0.5) is 18.9 Å². The molecule has 0 atom stereocenters. The maximum Gasteiger partial charge on any atom is 0.416 e. The first-order valence-corrected chi connectivity index (χ1v) is 9.05. The fraction of sp³-hybridized carbons (Fsp3) is 0.238. The fourth-order valence-electron chi connectivity index (χ4n) is 2.54. The second-order valence-corrected chi connectivity index (χ2v) is 6.34. The minimum Gasteiger partial charge on any atom is -0.494 e. The molecule has 0 unspecified atom stereocenters. The van der Waals surface area contributed by atoms with Crippen LogP contribution in [0.25, 0.3) is 11.3 Å². The Balaban J connectivity index is 1.67. The lowest BCUT2D eigenvalue weighted by Crippen LogP contribution is -2.13. The molecule has 0 aliphatic rings. The van der Waals surface area contributed by atoms with Gasteiger partial charge < -0.3 is 14.6 Å². The Bertz CT molecular complexity index is 966. The number of ether oxygens (including phenoxy) is 1. The van der Waals surface area contributed by atoms with Crippen LogP contribution in [0, 0.1) is 0 Å². The Kier molecular flexibility index (Phi) is 6.21. The maximum absolute atomic E-state index is 12.8. The summed E-state index contributed by atoms with van der Waals surface area (Å²) in [7, 11) is 0. The van der Waals surface area contributed by atoms with Crippen LogP contribution >= 0.6 is 0 Å². The number of nitrogens with one attached hydrogen (secondary N) is 1. The number of amides is 1. The number of aromatic nitrogens is 1. The minimum atomic E-state index is -4.49. The first-order chi connectivity index (χ1) is 13.9. The number of carbonyl (C=O) groups excluding carboxylic acids is 1. The lowest BCUT2D eigenvalue weighted by molar-refractivity contribution is -0.137. The molecule has 1 heterocycles. The van der Waals surface area contributed by atoms with Crippen molar-refractivity contribution in [3.05, 3.63) is 65.9 Å². The normalized spacial score (nSPS) is 11.3. The first-order valence-electron chi connectivity index (χ1n) is 9.05. The number of halogens is 3. The summed E-state index contributed by atoms with van der Waals surface area (Å²) in [5, 5.41) is 6.09. The van der Waals surface area contributed by atoms with Gasteiger partial charge in [0.25, 0.3) is 5.91 Å². The van der Waals surface area contributed by atoms with Crippen LogP contribution in [0.15, 0.2) is 59.1 Å². The van der Waals surface area contributed by atoms with Crippen LogP contribution in [-0.4, -0.2) is 17.7 Å². The molecule has 5 nitrogen and oxygen atoms in total. The molecule has 3 aromatic rings. The van der Waals surface area contributed by atoms with Crippen LogP contribution in [0.5, 0.6) is 5.75 Å². The molecule has 0 aliphatic heterocycles. The molecule has 3 rings (SSSR count). The third kappa shape index (κ3) is 5.37. The number of anilines is 1. The number of unbranched alkanes of at least 4 members (excludes halogenated alkanes) is 1. The minimum absolute atomic E-state index is 0.0166. The van der Waals surface area contributed by atoms with Gasteiger partial charge in [-0.15, -0.1) is 0 Å². The highest BCUT2D eigenvalue weighted by Crippen LogP contribution is 2.31. The first kappa shape index (κ1) is 20.4. The van der Waals surface area contributed by atoms with E-state index in [-0.39, 0.29) is 11.4 Å². The largest absolute Gasteiger partial charge is 0.494 e. The molecule has 1 aromatic heterocycles. The summed E-state index contributed by atoms with van der Waals surface area (Å²) in [6.45, 7) is 2.72. The van der Waals surface area contributed by atoms with Gasteiger partial charge in [0.15, 0.2) is 11.5 Å². The zero-order valence-electron chi connectivity index (χ0n) is 15.6. The SMILES string of the molecule is CCCCOc1ccc(-c2cc(C(=O)Nc3cccc(C(F)(F)F)c3)no2)cc1. The topological polar surface area (TPSA) is 64.4 Å². The molecule has 1 N–H and O–H groups in total. The maximum atomic E-state index is 12.8. The molecule has 0 radical (unpaired) electrons. The van der Waals surface area contributed by atoms with E-state index in [1.54, 1.807) is 24.3 Å². The van der Waals surface area contributed by atoms with Gasteiger partial charge in [-0.05, 0) is 48.9 Å². The Morgan fingerprint density at radius 2 is 1.90 bits per heavy atom. The average molecular weight is 404 g/mol. The van der Waals surface area contributed by atoms with Gasteiger partial charge >= 0.3 is 6.18 Å². The van der Waals surface area contributed by atoms with E-state index in [9.17, 15) is 18.0 Å². The molecule has 0 bridgehead atoms. The summed E-state index contributed by atoms with van der Waals surface area (Å²) < 4.78 is 49.1. The predicted octanol–water partition coefficient (Wildman–Crippen LogP) is 5.79. The monoisotopic (exact) mass is 404 g/mol. The van der Waals surface area contributed by atoms with E-state index in [2.05, 4.69) is 17.4 Å². The summed E-state index contributed by atoms with van der Waals surface area (Å²) in [6.07, 6.45) is -2.48. The molecule has 0 aliphatic carbocycles. The Morgan fingerprint density at radius 1 is 1.14 bits per heavy atom. The summed E-state index contributed by atoms with van der Waals surface area (Å²) >= 11 is 0. The van der Waals surface area contributed by atoms with E-state index in [0.29, 0.717) is 17.9 Å². The molecule has 8 heteroatoms. The van der Waals surface area contributed by atoms with E-state index in [0.717, 1.165) is 30.7 Å². The molecule has 1 amide bonds. The van der Waals surface area contributed by atoms with Gasteiger partial charge in [-0.3, -0.25) is 4.79 Å². The number of carbonyl (C=O) groups is 1. The van der Waals surface area contributed by atoms with Crippen molar-refractivity contribution in [1.29, 1.82) is 0 Å². The standard InChI is InChI=1S/C21H19F3N2O3/c1-2-3-11-28-17-9-7-14(8-10-17)19-13-18(26-29-19)20(27)25-16-6-4-5-15(12-16)21(22,23)24/h4-10,12-13H,2-3,11H2,1H3,(H,25,27). The second kappa shape index (κ2) is 8.81. The number of hydrogen-bond acceptors (Lipinski definition) is 4.